The van der Waals surface area contributed by atoms with E-state index < -0.39 is 5.60 Å². The lowest BCUT2D eigenvalue weighted by molar-refractivity contribution is -0.0302. The topological polar surface area (TPSA) is 26.3 Å². The largest absolute Gasteiger partial charge is 0.370 e. The Labute approximate surface area is 126 Å². The number of ether oxygens (including phenoxy) is 1. The highest BCUT2D eigenvalue weighted by atomic mass is 16.5. The first-order valence-electron chi connectivity index (χ1n) is 7.73. The quantitative estimate of drug-likeness (QED) is 0.768. The molecule has 110 valence electrons. The smallest absolute Gasteiger partial charge is 0.194 e. The Balaban J connectivity index is 1.98. The number of methoxy groups -OCH3 is 1. The van der Waals surface area contributed by atoms with Crippen LogP contribution in [0, 0.1) is 5.92 Å². The van der Waals surface area contributed by atoms with E-state index in [0.29, 0.717) is 5.92 Å². The van der Waals surface area contributed by atoms with Gasteiger partial charge in [-0.05, 0) is 42.0 Å². The number of fused-ring (bicyclic) bond motifs is 1. The van der Waals surface area contributed by atoms with Gasteiger partial charge in [0.2, 0.25) is 0 Å². The molecule has 2 aromatic rings. The monoisotopic (exact) mass is 282 g/mol. The van der Waals surface area contributed by atoms with Crippen LogP contribution >= 0.6 is 0 Å². The lowest BCUT2D eigenvalue weighted by atomic mass is 9.74. The van der Waals surface area contributed by atoms with Gasteiger partial charge in [0.25, 0.3) is 0 Å². The molecule has 0 heterocycles. The normalized spacial score (nSPS) is 25.9. The van der Waals surface area contributed by atoms with Gasteiger partial charge in [-0.3, -0.25) is 4.79 Å². The summed E-state index contributed by atoms with van der Waals surface area (Å²) in [6, 6.07) is 14.1. The molecule has 0 radical (unpaired) electrons. The van der Waals surface area contributed by atoms with Crippen LogP contribution in [0.5, 0.6) is 0 Å². The molecule has 0 saturated heterocycles. The Morgan fingerprint density at radius 1 is 1.19 bits per heavy atom. The van der Waals surface area contributed by atoms with Crippen LogP contribution < -0.4 is 0 Å². The average molecular weight is 282 g/mol. The second kappa shape index (κ2) is 5.61. The van der Waals surface area contributed by atoms with E-state index in [2.05, 4.69) is 19.1 Å². The molecule has 21 heavy (non-hydrogen) atoms. The van der Waals surface area contributed by atoms with Crippen molar-refractivity contribution in [3.05, 3.63) is 48.0 Å². The molecule has 0 bridgehead atoms. The maximum atomic E-state index is 13.0. The molecule has 2 heteroatoms. The van der Waals surface area contributed by atoms with Crippen molar-refractivity contribution in [2.24, 2.45) is 5.92 Å². The van der Waals surface area contributed by atoms with Crippen molar-refractivity contribution in [1.82, 2.24) is 0 Å². The van der Waals surface area contributed by atoms with Gasteiger partial charge >= 0.3 is 0 Å². The molecule has 2 aromatic carbocycles. The van der Waals surface area contributed by atoms with Crippen LogP contribution in [-0.4, -0.2) is 18.5 Å². The average Bonchev–Trinajstić information content (AvgIpc) is 2.53. The van der Waals surface area contributed by atoms with Crippen LogP contribution in [0.15, 0.2) is 42.5 Å². The Morgan fingerprint density at radius 3 is 2.67 bits per heavy atom. The molecule has 0 amide bonds. The zero-order chi connectivity index (χ0) is 14.9. The predicted molar refractivity (Wildman–Crippen MR) is 85.7 cm³/mol. The third-order valence-corrected chi connectivity index (χ3v) is 4.77. The minimum Gasteiger partial charge on any atom is -0.370 e. The van der Waals surface area contributed by atoms with Crippen LogP contribution in [0.1, 0.15) is 43.0 Å². The number of benzene rings is 2. The van der Waals surface area contributed by atoms with E-state index in [9.17, 15) is 4.79 Å². The van der Waals surface area contributed by atoms with E-state index in [1.807, 2.05) is 30.3 Å². The number of rotatable bonds is 3. The van der Waals surface area contributed by atoms with Crippen LogP contribution in [0.3, 0.4) is 0 Å². The second-order valence-corrected chi connectivity index (χ2v) is 6.29. The molecule has 1 aliphatic rings. The summed E-state index contributed by atoms with van der Waals surface area (Å²) in [6.45, 7) is 2.21. The fourth-order valence-electron chi connectivity index (χ4n) is 3.58. The van der Waals surface area contributed by atoms with Gasteiger partial charge in [0.05, 0.1) is 0 Å². The molecule has 1 fully saturated rings. The molecule has 2 unspecified atom stereocenters. The SMILES string of the molecule is COC1(C(=O)c2ccc3ccccc3c2)CCCC(C)C1. The zero-order valence-electron chi connectivity index (χ0n) is 12.8. The number of ketones is 1. The number of hydrogen-bond acceptors (Lipinski definition) is 2. The first-order chi connectivity index (χ1) is 10.1. The summed E-state index contributed by atoms with van der Waals surface area (Å²) < 4.78 is 5.73. The van der Waals surface area contributed by atoms with Crippen molar-refractivity contribution in [2.75, 3.05) is 7.11 Å². The van der Waals surface area contributed by atoms with Crippen molar-refractivity contribution < 1.29 is 9.53 Å². The standard InChI is InChI=1S/C19H22O2/c1-14-6-5-11-19(13-14,21-2)18(20)17-10-9-15-7-3-4-8-16(15)12-17/h3-4,7-10,12,14H,5-6,11,13H2,1-2H3. The van der Waals surface area contributed by atoms with Gasteiger partial charge in [-0.25, -0.2) is 0 Å². The first-order valence-corrected chi connectivity index (χ1v) is 7.73. The van der Waals surface area contributed by atoms with Gasteiger partial charge in [-0.15, -0.1) is 0 Å². The molecular weight excluding hydrogens is 260 g/mol. The van der Waals surface area contributed by atoms with Crippen LogP contribution in [-0.2, 0) is 4.74 Å². The number of carbonyl (C=O) groups is 1. The molecule has 1 aliphatic carbocycles. The number of Topliss-reactive ketones (excluding diaryl/α,β-unsaturated/α-hetero) is 1. The summed E-state index contributed by atoms with van der Waals surface area (Å²) in [6.07, 6.45) is 3.92. The van der Waals surface area contributed by atoms with Gasteiger partial charge in [-0.1, -0.05) is 49.7 Å². The van der Waals surface area contributed by atoms with Crippen molar-refractivity contribution in [3.8, 4) is 0 Å². The Hall–Kier alpha value is -1.67. The number of hydrogen-bond donors (Lipinski definition) is 0. The van der Waals surface area contributed by atoms with E-state index >= 15 is 0 Å². The van der Waals surface area contributed by atoms with Crippen LogP contribution in [0.4, 0.5) is 0 Å². The molecule has 0 aromatic heterocycles. The van der Waals surface area contributed by atoms with Crippen LogP contribution in [0.2, 0.25) is 0 Å². The minimum atomic E-state index is -0.625. The van der Waals surface area contributed by atoms with Crippen molar-refractivity contribution in [3.63, 3.8) is 0 Å². The van der Waals surface area contributed by atoms with Gasteiger partial charge in [0.15, 0.2) is 5.78 Å². The third-order valence-electron chi connectivity index (χ3n) is 4.77. The lowest BCUT2D eigenvalue weighted by Crippen LogP contribution is -2.44. The summed E-state index contributed by atoms with van der Waals surface area (Å²) in [7, 11) is 1.68. The van der Waals surface area contributed by atoms with E-state index in [1.165, 1.54) is 6.42 Å². The highest BCUT2D eigenvalue weighted by molar-refractivity contribution is 6.05. The molecule has 2 nitrogen and oxygen atoms in total. The Kier molecular flexibility index (Phi) is 3.81. The van der Waals surface area contributed by atoms with Crippen molar-refractivity contribution in [2.45, 2.75) is 38.2 Å². The summed E-state index contributed by atoms with van der Waals surface area (Å²) in [5.74, 6) is 0.686. The predicted octanol–water partition coefficient (Wildman–Crippen LogP) is 4.62. The fourth-order valence-corrected chi connectivity index (χ4v) is 3.58. The van der Waals surface area contributed by atoms with E-state index in [4.69, 9.17) is 4.74 Å². The highest BCUT2D eigenvalue weighted by Gasteiger charge is 2.42. The summed E-state index contributed by atoms with van der Waals surface area (Å²) in [5, 5.41) is 2.27. The van der Waals surface area contributed by atoms with Gasteiger partial charge < -0.3 is 4.74 Å². The van der Waals surface area contributed by atoms with Gasteiger partial charge in [0, 0.05) is 12.7 Å². The fraction of sp³-hybridized carbons (Fsp3) is 0.421. The maximum Gasteiger partial charge on any atom is 0.194 e. The van der Waals surface area contributed by atoms with E-state index in [0.717, 1.165) is 35.6 Å². The lowest BCUT2D eigenvalue weighted by Gasteiger charge is -2.37. The molecule has 0 N–H and O–H groups in total. The van der Waals surface area contributed by atoms with Crippen molar-refractivity contribution >= 4 is 16.6 Å². The summed E-state index contributed by atoms with van der Waals surface area (Å²) >= 11 is 0. The molecule has 2 atom stereocenters. The molecule has 3 rings (SSSR count). The maximum absolute atomic E-state index is 13.0. The van der Waals surface area contributed by atoms with Gasteiger partial charge in [0.1, 0.15) is 5.60 Å². The Bertz CT molecular complexity index is 661. The molecule has 1 saturated carbocycles. The second-order valence-electron chi connectivity index (χ2n) is 6.29. The molecule has 0 aliphatic heterocycles. The highest BCUT2D eigenvalue weighted by Crippen LogP contribution is 2.37. The van der Waals surface area contributed by atoms with E-state index in [-0.39, 0.29) is 5.78 Å². The summed E-state index contributed by atoms with van der Waals surface area (Å²) in [4.78, 5) is 13.0. The van der Waals surface area contributed by atoms with Crippen LogP contribution in [0.25, 0.3) is 10.8 Å². The third kappa shape index (κ3) is 2.60. The van der Waals surface area contributed by atoms with Crippen molar-refractivity contribution in [1.29, 1.82) is 0 Å². The molecule has 0 spiro atoms. The first kappa shape index (κ1) is 14.3. The minimum absolute atomic E-state index is 0.141. The Morgan fingerprint density at radius 2 is 1.95 bits per heavy atom. The van der Waals surface area contributed by atoms with Gasteiger partial charge in [-0.2, -0.15) is 0 Å². The molecular formula is C19H22O2. The van der Waals surface area contributed by atoms with E-state index in [1.54, 1.807) is 7.11 Å². The zero-order valence-corrected chi connectivity index (χ0v) is 12.8. The number of carbonyl (C=O) groups excluding carboxylic acids is 1. The summed E-state index contributed by atoms with van der Waals surface area (Å²) in [5.41, 5.74) is 0.143.